The summed E-state index contributed by atoms with van der Waals surface area (Å²) in [6.45, 7) is 0. The smallest absolute Gasteiger partial charge is 0.0568 e. The Bertz CT molecular complexity index is 640. The Hall–Kier alpha value is -2.16. The maximum absolute atomic E-state index is 4.18. The lowest BCUT2D eigenvalue weighted by molar-refractivity contribution is 0.768. The lowest BCUT2D eigenvalue weighted by Crippen LogP contribution is -1.84. The first-order valence-electron chi connectivity index (χ1n) is 5.16. The number of aryl methyl sites for hydroxylation is 1. The molecule has 0 N–H and O–H groups in total. The molecule has 2 heterocycles. The van der Waals surface area contributed by atoms with Crippen molar-refractivity contribution in [2.24, 2.45) is 7.05 Å². The van der Waals surface area contributed by atoms with E-state index < -0.39 is 0 Å². The van der Waals surface area contributed by atoms with Crippen molar-refractivity contribution in [3.8, 4) is 11.1 Å². The highest BCUT2D eigenvalue weighted by atomic mass is 15.2. The second-order valence-electron chi connectivity index (χ2n) is 3.84. The maximum Gasteiger partial charge on any atom is 0.0568 e. The monoisotopic (exact) mass is 209 g/mol. The van der Waals surface area contributed by atoms with Crippen LogP contribution in [0.25, 0.3) is 21.9 Å². The van der Waals surface area contributed by atoms with Gasteiger partial charge in [0.05, 0.1) is 6.20 Å². The third-order valence-electron chi connectivity index (χ3n) is 2.68. The van der Waals surface area contributed by atoms with Crippen molar-refractivity contribution >= 4 is 10.8 Å². The average molecular weight is 209 g/mol. The third kappa shape index (κ3) is 1.46. The molecule has 0 spiro atoms. The zero-order valence-electron chi connectivity index (χ0n) is 8.96. The van der Waals surface area contributed by atoms with Crippen molar-refractivity contribution in [2.45, 2.75) is 0 Å². The highest BCUT2D eigenvalue weighted by Gasteiger charge is 2.01. The van der Waals surface area contributed by atoms with Crippen LogP contribution in [0.5, 0.6) is 0 Å². The molecule has 0 radical (unpaired) electrons. The van der Waals surface area contributed by atoms with E-state index in [1.807, 2.05) is 42.6 Å². The molecule has 0 atom stereocenters. The molecule has 3 heteroatoms. The van der Waals surface area contributed by atoms with Crippen molar-refractivity contribution in [1.82, 2.24) is 14.8 Å². The number of pyridine rings is 1. The Labute approximate surface area is 93.4 Å². The normalized spacial score (nSPS) is 10.8. The Kier molecular flexibility index (Phi) is 1.96. The summed E-state index contributed by atoms with van der Waals surface area (Å²) in [5.74, 6) is 0. The van der Waals surface area contributed by atoms with Crippen molar-refractivity contribution in [1.29, 1.82) is 0 Å². The second-order valence-corrected chi connectivity index (χ2v) is 3.84. The van der Waals surface area contributed by atoms with Gasteiger partial charge in [0.2, 0.25) is 0 Å². The first kappa shape index (κ1) is 9.09. The molecule has 78 valence electrons. The number of nitrogens with zero attached hydrogens (tertiary/aromatic N) is 3. The van der Waals surface area contributed by atoms with Crippen LogP contribution in [0.2, 0.25) is 0 Å². The minimum Gasteiger partial charge on any atom is -0.275 e. The van der Waals surface area contributed by atoms with E-state index in [4.69, 9.17) is 0 Å². The first-order valence-corrected chi connectivity index (χ1v) is 5.16. The zero-order chi connectivity index (χ0) is 11.0. The van der Waals surface area contributed by atoms with Gasteiger partial charge in [-0.15, -0.1) is 0 Å². The lowest BCUT2D eigenvalue weighted by atomic mass is 10.1. The summed E-state index contributed by atoms with van der Waals surface area (Å²) in [4.78, 5) is 4.10. The molecular formula is C13H11N3. The van der Waals surface area contributed by atoms with Crippen LogP contribution >= 0.6 is 0 Å². The zero-order valence-corrected chi connectivity index (χ0v) is 8.96. The number of benzene rings is 1. The second kappa shape index (κ2) is 3.45. The third-order valence-corrected chi connectivity index (χ3v) is 2.68. The molecule has 0 fully saturated rings. The molecule has 3 nitrogen and oxygen atoms in total. The van der Waals surface area contributed by atoms with Gasteiger partial charge in [-0.1, -0.05) is 12.1 Å². The first-order chi connectivity index (χ1) is 7.83. The van der Waals surface area contributed by atoms with E-state index in [9.17, 15) is 0 Å². The Morgan fingerprint density at radius 2 is 1.94 bits per heavy atom. The van der Waals surface area contributed by atoms with E-state index in [0.717, 1.165) is 10.9 Å². The topological polar surface area (TPSA) is 30.7 Å². The van der Waals surface area contributed by atoms with Gasteiger partial charge >= 0.3 is 0 Å². The summed E-state index contributed by atoms with van der Waals surface area (Å²) in [7, 11) is 1.93. The molecule has 0 aliphatic heterocycles. The van der Waals surface area contributed by atoms with Gasteiger partial charge in [0, 0.05) is 36.6 Å². The summed E-state index contributed by atoms with van der Waals surface area (Å²) in [5, 5.41) is 6.54. The number of aromatic nitrogens is 3. The van der Waals surface area contributed by atoms with Gasteiger partial charge in [-0.2, -0.15) is 5.10 Å². The van der Waals surface area contributed by atoms with Gasteiger partial charge in [0.15, 0.2) is 0 Å². The molecule has 0 aliphatic carbocycles. The van der Waals surface area contributed by atoms with E-state index in [0.29, 0.717) is 0 Å². The van der Waals surface area contributed by atoms with E-state index in [2.05, 4.69) is 28.3 Å². The molecule has 0 aliphatic rings. The van der Waals surface area contributed by atoms with E-state index in [1.54, 1.807) is 0 Å². The molecular weight excluding hydrogens is 198 g/mol. The molecule has 0 saturated heterocycles. The summed E-state index contributed by atoms with van der Waals surface area (Å²) >= 11 is 0. The van der Waals surface area contributed by atoms with Crippen LogP contribution in [0, 0.1) is 0 Å². The summed E-state index contributed by atoms with van der Waals surface area (Å²) in [6, 6.07) is 8.37. The molecule has 3 rings (SSSR count). The number of rotatable bonds is 1. The SMILES string of the molecule is Cn1cc(-c2ccc3cnccc3c2)cn1. The molecule has 1 aromatic carbocycles. The van der Waals surface area contributed by atoms with Crippen LogP contribution in [0.15, 0.2) is 49.1 Å². The highest BCUT2D eigenvalue weighted by Crippen LogP contribution is 2.23. The highest BCUT2D eigenvalue weighted by molar-refractivity contribution is 5.86. The Balaban J connectivity index is 2.18. The molecule has 0 saturated carbocycles. The van der Waals surface area contributed by atoms with E-state index in [1.165, 1.54) is 10.9 Å². The van der Waals surface area contributed by atoms with Crippen molar-refractivity contribution in [3.05, 3.63) is 49.1 Å². The quantitative estimate of drug-likeness (QED) is 0.616. The van der Waals surface area contributed by atoms with E-state index >= 15 is 0 Å². The number of hydrogen-bond acceptors (Lipinski definition) is 2. The minimum absolute atomic E-state index is 1.14. The summed E-state index contributed by atoms with van der Waals surface area (Å²) < 4.78 is 1.81. The minimum atomic E-state index is 1.14. The predicted octanol–water partition coefficient (Wildman–Crippen LogP) is 2.64. The standard InChI is InChI=1S/C13H11N3/c1-16-9-13(8-15-16)10-2-3-12-7-14-5-4-11(12)6-10/h2-9H,1H3. The van der Waals surface area contributed by atoms with Crippen LogP contribution in [0.3, 0.4) is 0 Å². The largest absolute Gasteiger partial charge is 0.275 e. The van der Waals surface area contributed by atoms with Gasteiger partial charge in [-0.3, -0.25) is 9.67 Å². The van der Waals surface area contributed by atoms with Crippen molar-refractivity contribution in [2.75, 3.05) is 0 Å². The van der Waals surface area contributed by atoms with Crippen LogP contribution < -0.4 is 0 Å². The fourth-order valence-corrected chi connectivity index (χ4v) is 1.83. The summed E-state index contributed by atoms with van der Waals surface area (Å²) in [5.41, 5.74) is 2.33. The van der Waals surface area contributed by atoms with Crippen LogP contribution in [0.1, 0.15) is 0 Å². The lowest BCUT2D eigenvalue weighted by Gasteiger charge is -2.00. The van der Waals surface area contributed by atoms with Gasteiger partial charge in [0.25, 0.3) is 0 Å². The van der Waals surface area contributed by atoms with Crippen molar-refractivity contribution in [3.63, 3.8) is 0 Å². The average Bonchev–Trinajstić information content (AvgIpc) is 2.75. The Morgan fingerprint density at radius 1 is 1.00 bits per heavy atom. The van der Waals surface area contributed by atoms with Gasteiger partial charge in [-0.05, 0) is 23.1 Å². The van der Waals surface area contributed by atoms with E-state index in [-0.39, 0.29) is 0 Å². The molecule has 0 amide bonds. The number of hydrogen-bond donors (Lipinski definition) is 0. The molecule has 0 bridgehead atoms. The fraction of sp³-hybridized carbons (Fsp3) is 0.0769. The van der Waals surface area contributed by atoms with Gasteiger partial charge < -0.3 is 0 Å². The summed E-state index contributed by atoms with van der Waals surface area (Å²) in [6.07, 6.45) is 7.59. The predicted molar refractivity (Wildman–Crippen MR) is 63.9 cm³/mol. The van der Waals surface area contributed by atoms with Crippen LogP contribution in [0.4, 0.5) is 0 Å². The molecule has 16 heavy (non-hydrogen) atoms. The maximum atomic E-state index is 4.18. The van der Waals surface area contributed by atoms with Gasteiger partial charge in [0.1, 0.15) is 0 Å². The van der Waals surface area contributed by atoms with Crippen LogP contribution in [-0.2, 0) is 7.05 Å². The van der Waals surface area contributed by atoms with Crippen molar-refractivity contribution < 1.29 is 0 Å². The molecule has 2 aromatic heterocycles. The van der Waals surface area contributed by atoms with Crippen LogP contribution in [-0.4, -0.2) is 14.8 Å². The Morgan fingerprint density at radius 3 is 2.75 bits per heavy atom. The fourth-order valence-electron chi connectivity index (χ4n) is 1.83. The van der Waals surface area contributed by atoms with Gasteiger partial charge in [-0.25, -0.2) is 0 Å². The molecule has 3 aromatic rings. The molecule has 0 unspecified atom stereocenters. The number of fused-ring (bicyclic) bond motifs is 1.